The fraction of sp³-hybridized carbons (Fsp3) is 0.600. The maximum atomic E-state index is 10.5. The molecule has 102 valence electrons. The van der Waals surface area contributed by atoms with Crippen molar-refractivity contribution in [1.29, 1.82) is 0 Å². The summed E-state index contributed by atoms with van der Waals surface area (Å²) in [5.74, 6) is 0. The van der Waals surface area contributed by atoms with E-state index < -0.39 is 17.2 Å². The van der Waals surface area contributed by atoms with Crippen LogP contribution < -0.4 is 4.90 Å². The molecule has 1 aromatic rings. The standard InChI is InChI=1S/C13H19NO2.C2H6/c1-12(2)11(15)13(3,16)9-7-5-6-8-10(9)14(12)4;1-2/h5-8,11,15-16H,1-4H3;1-2H3. The molecule has 0 saturated heterocycles. The number of anilines is 1. The van der Waals surface area contributed by atoms with Gasteiger partial charge in [0, 0.05) is 18.3 Å². The van der Waals surface area contributed by atoms with Crippen LogP contribution in [0.5, 0.6) is 0 Å². The number of hydrogen-bond donors (Lipinski definition) is 2. The van der Waals surface area contributed by atoms with Crippen LogP contribution in [0.1, 0.15) is 40.2 Å². The van der Waals surface area contributed by atoms with E-state index in [9.17, 15) is 10.2 Å². The van der Waals surface area contributed by atoms with Crippen molar-refractivity contribution in [1.82, 2.24) is 0 Å². The molecule has 2 N–H and O–H groups in total. The predicted octanol–water partition coefficient (Wildman–Crippen LogP) is 2.51. The first-order valence-corrected chi connectivity index (χ1v) is 6.53. The first-order valence-electron chi connectivity index (χ1n) is 6.53. The van der Waals surface area contributed by atoms with Gasteiger partial charge in [0.15, 0.2) is 0 Å². The van der Waals surface area contributed by atoms with Crippen LogP contribution in [0, 0.1) is 0 Å². The summed E-state index contributed by atoms with van der Waals surface area (Å²) in [4.78, 5) is 2.02. The highest BCUT2D eigenvalue weighted by Gasteiger charge is 2.50. The number of aliphatic hydroxyl groups excluding tert-OH is 1. The molecule has 1 aromatic carbocycles. The number of likely N-dealkylation sites (N-methyl/N-ethyl adjacent to an activating group) is 1. The summed E-state index contributed by atoms with van der Waals surface area (Å²) >= 11 is 0. The van der Waals surface area contributed by atoms with Gasteiger partial charge in [-0.05, 0) is 26.8 Å². The predicted molar refractivity (Wildman–Crippen MR) is 75.8 cm³/mol. The summed E-state index contributed by atoms with van der Waals surface area (Å²) < 4.78 is 0. The van der Waals surface area contributed by atoms with Gasteiger partial charge in [-0.25, -0.2) is 0 Å². The zero-order valence-corrected chi connectivity index (χ0v) is 12.2. The van der Waals surface area contributed by atoms with E-state index in [-0.39, 0.29) is 0 Å². The molecule has 0 amide bonds. The fourth-order valence-corrected chi connectivity index (χ4v) is 2.52. The van der Waals surface area contributed by atoms with Crippen molar-refractivity contribution in [2.75, 3.05) is 11.9 Å². The lowest BCUT2D eigenvalue weighted by atomic mass is 9.74. The van der Waals surface area contributed by atoms with E-state index in [1.165, 1.54) is 0 Å². The Labute approximate surface area is 110 Å². The summed E-state index contributed by atoms with van der Waals surface area (Å²) in [7, 11) is 1.94. The molecule has 3 nitrogen and oxygen atoms in total. The topological polar surface area (TPSA) is 43.7 Å². The highest BCUT2D eigenvalue weighted by Crippen LogP contribution is 2.44. The maximum Gasteiger partial charge on any atom is 0.117 e. The van der Waals surface area contributed by atoms with Gasteiger partial charge in [0.2, 0.25) is 0 Å². The Hall–Kier alpha value is -1.06. The number of para-hydroxylation sites is 1. The van der Waals surface area contributed by atoms with E-state index >= 15 is 0 Å². The minimum atomic E-state index is -1.20. The van der Waals surface area contributed by atoms with E-state index in [0.29, 0.717) is 0 Å². The van der Waals surface area contributed by atoms with Gasteiger partial charge in [0.05, 0.1) is 5.54 Å². The Bertz CT molecular complexity index is 413. The highest BCUT2D eigenvalue weighted by atomic mass is 16.3. The minimum absolute atomic E-state index is 0.488. The molecule has 0 spiro atoms. The molecule has 2 rings (SSSR count). The van der Waals surface area contributed by atoms with Crippen molar-refractivity contribution >= 4 is 5.69 Å². The van der Waals surface area contributed by atoms with Gasteiger partial charge in [-0.3, -0.25) is 0 Å². The maximum absolute atomic E-state index is 10.5. The van der Waals surface area contributed by atoms with Gasteiger partial charge in [-0.15, -0.1) is 0 Å². The summed E-state index contributed by atoms with van der Waals surface area (Å²) in [5.41, 5.74) is 0.0666. The molecule has 2 atom stereocenters. The molecule has 1 aliphatic rings. The second-order valence-electron chi connectivity index (χ2n) is 5.28. The molecule has 0 bridgehead atoms. The van der Waals surface area contributed by atoms with Crippen molar-refractivity contribution in [2.24, 2.45) is 0 Å². The van der Waals surface area contributed by atoms with Crippen molar-refractivity contribution in [3.05, 3.63) is 29.8 Å². The van der Waals surface area contributed by atoms with Crippen LogP contribution >= 0.6 is 0 Å². The second-order valence-corrected chi connectivity index (χ2v) is 5.28. The molecule has 1 aliphatic heterocycles. The summed E-state index contributed by atoms with van der Waals surface area (Å²) in [6.07, 6.45) is -0.820. The third kappa shape index (κ3) is 2.02. The lowest BCUT2D eigenvalue weighted by Gasteiger charge is -2.52. The Balaban J connectivity index is 0.000000771. The van der Waals surface area contributed by atoms with Crippen molar-refractivity contribution in [2.45, 2.75) is 51.9 Å². The van der Waals surface area contributed by atoms with E-state index in [1.54, 1.807) is 6.92 Å². The molecule has 0 radical (unpaired) electrons. The molecule has 18 heavy (non-hydrogen) atoms. The van der Waals surface area contributed by atoms with Gasteiger partial charge < -0.3 is 15.1 Å². The quantitative estimate of drug-likeness (QED) is 0.744. The number of fused-ring (bicyclic) bond motifs is 1. The van der Waals surface area contributed by atoms with Crippen molar-refractivity contribution in [3.63, 3.8) is 0 Å². The average Bonchev–Trinajstić information content (AvgIpc) is 2.38. The molecule has 2 unspecified atom stereocenters. The average molecular weight is 251 g/mol. The molecule has 1 heterocycles. The van der Waals surface area contributed by atoms with Crippen LogP contribution in [0.2, 0.25) is 0 Å². The third-order valence-electron chi connectivity index (χ3n) is 3.88. The Morgan fingerprint density at radius 1 is 1.11 bits per heavy atom. The molecule has 0 aliphatic carbocycles. The molecule has 0 saturated carbocycles. The lowest BCUT2D eigenvalue weighted by molar-refractivity contribution is -0.102. The van der Waals surface area contributed by atoms with Gasteiger partial charge in [0.1, 0.15) is 11.7 Å². The Morgan fingerprint density at radius 2 is 1.61 bits per heavy atom. The number of rotatable bonds is 0. The van der Waals surface area contributed by atoms with Crippen LogP contribution in [0.25, 0.3) is 0 Å². The zero-order chi connectivity index (χ0) is 14.1. The summed E-state index contributed by atoms with van der Waals surface area (Å²) in [5, 5.41) is 20.8. The van der Waals surface area contributed by atoms with E-state index in [2.05, 4.69) is 0 Å². The van der Waals surface area contributed by atoms with Gasteiger partial charge >= 0.3 is 0 Å². The van der Waals surface area contributed by atoms with Crippen LogP contribution in [-0.4, -0.2) is 28.9 Å². The van der Waals surface area contributed by atoms with E-state index in [1.807, 2.05) is 63.9 Å². The third-order valence-corrected chi connectivity index (χ3v) is 3.88. The van der Waals surface area contributed by atoms with E-state index in [0.717, 1.165) is 11.3 Å². The van der Waals surface area contributed by atoms with Gasteiger partial charge in [0.25, 0.3) is 0 Å². The van der Waals surface area contributed by atoms with Crippen LogP contribution in [-0.2, 0) is 5.60 Å². The SMILES string of the molecule is CC.CN1c2ccccc2C(C)(O)C(O)C1(C)C. The van der Waals surface area contributed by atoms with Crippen molar-refractivity contribution in [3.8, 4) is 0 Å². The first kappa shape index (κ1) is 15.0. The number of hydrogen-bond acceptors (Lipinski definition) is 3. The number of aliphatic hydroxyl groups is 2. The summed E-state index contributed by atoms with van der Waals surface area (Å²) in [6.45, 7) is 9.54. The van der Waals surface area contributed by atoms with Crippen LogP contribution in [0.3, 0.4) is 0 Å². The monoisotopic (exact) mass is 251 g/mol. The molecule has 0 aromatic heterocycles. The van der Waals surface area contributed by atoms with E-state index in [4.69, 9.17) is 0 Å². The lowest BCUT2D eigenvalue weighted by Crippen LogP contribution is -2.62. The molecule has 3 heteroatoms. The van der Waals surface area contributed by atoms with Crippen LogP contribution in [0.15, 0.2) is 24.3 Å². The number of nitrogens with zero attached hydrogens (tertiary/aromatic N) is 1. The molecular weight excluding hydrogens is 226 g/mol. The highest BCUT2D eigenvalue weighted by molar-refractivity contribution is 5.60. The Morgan fingerprint density at radius 3 is 2.17 bits per heavy atom. The molecule has 0 fully saturated rings. The molecular formula is C15H25NO2. The minimum Gasteiger partial charge on any atom is -0.387 e. The van der Waals surface area contributed by atoms with Gasteiger partial charge in [-0.2, -0.15) is 0 Å². The Kier molecular flexibility index (Phi) is 4.08. The second kappa shape index (κ2) is 4.90. The summed E-state index contributed by atoms with van der Waals surface area (Å²) in [6, 6.07) is 7.66. The number of benzene rings is 1. The van der Waals surface area contributed by atoms with Crippen molar-refractivity contribution < 1.29 is 10.2 Å². The zero-order valence-electron chi connectivity index (χ0n) is 12.2. The van der Waals surface area contributed by atoms with Gasteiger partial charge in [-0.1, -0.05) is 32.0 Å². The largest absolute Gasteiger partial charge is 0.387 e. The smallest absolute Gasteiger partial charge is 0.117 e. The first-order chi connectivity index (χ1) is 8.29. The normalized spacial score (nSPS) is 29.1. The van der Waals surface area contributed by atoms with Crippen LogP contribution in [0.4, 0.5) is 5.69 Å². The fourth-order valence-electron chi connectivity index (χ4n) is 2.52.